The maximum atomic E-state index is 10.4. The number of aliphatic hydroxyl groups is 1. The van der Waals surface area contributed by atoms with Crippen LogP contribution in [0, 0.1) is 5.92 Å². The Morgan fingerprint density at radius 1 is 1.10 bits per heavy atom. The molecule has 0 heterocycles. The maximum absolute atomic E-state index is 10.4. The highest BCUT2D eigenvalue weighted by atomic mass is 16.3. The molecular weight excluding hydrogens is 248 g/mol. The van der Waals surface area contributed by atoms with Crippen molar-refractivity contribution in [1.82, 2.24) is 4.90 Å². The van der Waals surface area contributed by atoms with Crippen LogP contribution in [-0.4, -0.2) is 41.3 Å². The fraction of sp³-hybridized carbons (Fsp3) is 1.00. The molecule has 0 aliphatic heterocycles. The lowest BCUT2D eigenvalue weighted by Gasteiger charge is -2.37. The fourth-order valence-corrected chi connectivity index (χ4v) is 4.15. The highest BCUT2D eigenvalue weighted by Gasteiger charge is 2.26. The molecule has 2 fully saturated rings. The second-order valence-electron chi connectivity index (χ2n) is 7.10. The zero-order valence-corrected chi connectivity index (χ0v) is 13.3. The van der Waals surface area contributed by atoms with Crippen LogP contribution in [0.4, 0.5) is 0 Å². The normalized spacial score (nSPS) is 30.0. The van der Waals surface area contributed by atoms with Crippen LogP contribution in [0.1, 0.15) is 71.1 Å². The van der Waals surface area contributed by atoms with E-state index in [2.05, 4.69) is 11.8 Å². The number of aliphatic hydroxyl groups excluding tert-OH is 1. The van der Waals surface area contributed by atoms with Crippen LogP contribution in [0.3, 0.4) is 0 Å². The Morgan fingerprint density at radius 2 is 1.75 bits per heavy atom. The van der Waals surface area contributed by atoms with E-state index in [9.17, 15) is 5.11 Å². The Morgan fingerprint density at radius 3 is 2.35 bits per heavy atom. The molecule has 2 rings (SSSR count). The van der Waals surface area contributed by atoms with Crippen molar-refractivity contribution in [3.8, 4) is 0 Å². The average molecular weight is 282 g/mol. The molecular formula is C17H34N2O. The molecule has 3 nitrogen and oxygen atoms in total. The number of hydrogen-bond acceptors (Lipinski definition) is 3. The average Bonchev–Trinajstić information content (AvgIpc) is 2.92. The van der Waals surface area contributed by atoms with Crippen molar-refractivity contribution < 1.29 is 5.11 Å². The van der Waals surface area contributed by atoms with Crippen LogP contribution >= 0.6 is 0 Å². The van der Waals surface area contributed by atoms with Crippen LogP contribution in [0.15, 0.2) is 0 Å². The van der Waals surface area contributed by atoms with E-state index in [1.165, 1.54) is 44.9 Å². The van der Waals surface area contributed by atoms with Gasteiger partial charge in [0.15, 0.2) is 0 Å². The van der Waals surface area contributed by atoms with Gasteiger partial charge in [-0.25, -0.2) is 0 Å². The van der Waals surface area contributed by atoms with E-state index >= 15 is 0 Å². The lowest BCUT2D eigenvalue weighted by atomic mass is 9.90. The summed E-state index contributed by atoms with van der Waals surface area (Å²) in [5.41, 5.74) is 6.01. The van der Waals surface area contributed by atoms with Crippen LogP contribution in [-0.2, 0) is 0 Å². The molecule has 0 aromatic rings. The Bertz CT molecular complexity index is 258. The van der Waals surface area contributed by atoms with Crippen molar-refractivity contribution >= 4 is 0 Å². The minimum atomic E-state index is -0.125. The molecule has 0 aromatic carbocycles. The SMILES string of the molecule is CCCN(CC(O)CC1CCCC1)C1CCC(N)CC1. The zero-order valence-electron chi connectivity index (χ0n) is 13.3. The lowest BCUT2D eigenvalue weighted by molar-refractivity contribution is 0.0575. The van der Waals surface area contributed by atoms with E-state index in [0.29, 0.717) is 12.1 Å². The van der Waals surface area contributed by atoms with E-state index in [1.807, 2.05) is 0 Å². The summed E-state index contributed by atoms with van der Waals surface area (Å²) in [6, 6.07) is 1.08. The van der Waals surface area contributed by atoms with Gasteiger partial charge in [0.05, 0.1) is 6.10 Å². The summed E-state index contributed by atoms with van der Waals surface area (Å²) in [7, 11) is 0. The molecule has 2 aliphatic carbocycles. The first kappa shape index (κ1) is 16.3. The predicted octanol–water partition coefficient (Wildman–Crippen LogP) is 2.91. The summed E-state index contributed by atoms with van der Waals surface area (Å²) < 4.78 is 0. The number of hydrogen-bond donors (Lipinski definition) is 2. The van der Waals surface area contributed by atoms with Gasteiger partial charge in [0.2, 0.25) is 0 Å². The van der Waals surface area contributed by atoms with Gasteiger partial charge in [0, 0.05) is 18.6 Å². The summed E-state index contributed by atoms with van der Waals surface area (Å²) in [6.45, 7) is 4.25. The predicted molar refractivity (Wildman–Crippen MR) is 84.7 cm³/mol. The van der Waals surface area contributed by atoms with Crippen molar-refractivity contribution in [2.75, 3.05) is 13.1 Å². The van der Waals surface area contributed by atoms with Gasteiger partial charge >= 0.3 is 0 Å². The first-order valence-corrected chi connectivity index (χ1v) is 8.86. The van der Waals surface area contributed by atoms with Crippen molar-refractivity contribution in [3.05, 3.63) is 0 Å². The molecule has 0 aromatic heterocycles. The van der Waals surface area contributed by atoms with Gasteiger partial charge in [-0.2, -0.15) is 0 Å². The van der Waals surface area contributed by atoms with E-state index in [-0.39, 0.29) is 6.10 Å². The minimum Gasteiger partial charge on any atom is -0.392 e. The van der Waals surface area contributed by atoms with Crippen molar-refractivity contribution in [1.29, 1.82) is 0 Å². The third-order valence-electron chi connectivity index (χ3n) is 5.29. The van der Waals surface area contributed by atoms with Gasteiger partial charge in [0.25, 0.3) is 0 Å². The molecule has 2 aliphatic rings. The molecule has 0 radical (unpaired) electrons. The van der Waals surface area contributed by atoms with E-state index in [1.54, 1.807) is 0 Å². The second kappa shape index (κ2) is 8.35. The lowest BCUT2D eigenvalue weighted by Crippen LogP contribution is -2.44. The zero-order chi connectivity index (χ0) is 14.4. The molecule has 0 spiro atoms. The summed E-state index contributed by atoms with van der Waals surface area (Å²) in [4.78, 5) is 2.55. The van der Waals surface area contributed by atoms with Crippen molar-refractivity contribution in [3.63, 3.8) is 0 Å². The third-order valence-corrected chi connectivity index (χ3v) is 5.29. The van der Waals surface area contributed by atoms with E-state index < -0.39 is 0 Å². The van der Waals surface area contributed by atoms with E-state index in [0.717, 1.165) is 38.3 Å². The fourth-order valence-electron chi connectivity index (χ4n) is 4.15. The molecule has 0 amide bonds. The van der Waals surface area contributed by atoms with Crippen molar-refractivity contribution in [2.45, 2.75) is 89.3 Å². The van der Waals surface area contributed by atoms with Gasteiger partial charge in [0.1, 0.15) is 0 Å². The topological polar surface area (TPSA) is 49.5 Å². The van der Waals surface area contributed by atoms with Crippen LogP contribution in [0.5, 0.6) is 0 Å². The summed E-state index contributed by atoms with van der Waals surface area (Å²) in [5.74, 6) is 0.785. The molecule has 3 heteroatoms. The largest absolute Gasteiger partial charge is 0.392 e. The molecule has 0 saturated heterocycles. The Hall–Kier alpha value is -0.120. The molecule has 0 bridgehead atoms. The molecule has 2 saturated carbocycles. The van der Waals surface area contributed by atoms with Gasteiger partial charge < -0.3 is 10.8 Å². The van der Waals surface area contributed by atoms with Crippen LogP contribution in [0.25, 0.3) is 0 Å². The van der Waals surface area contributed by atoms with Crippen LogP contribution in [0.2, 0.25) is 0 Å². The first-order chi connectivity index (χ1) is 9.69. The van der Waals surface area contributed by atoms with Crippen LogP contribution < -0.4 is 5.73 Å². The maximum Gasteiger partial charge on any atom is 0.0669 e. The molecule has 118 valence electrons. The quantitative estimate of drug-likeness (QED) is 0.755. The molecule has 1 unspecified atom stereocenters. The Balaban J connectivity index is 1.78. The van der Waals surface area contributed by atoms with Gasteiger partial charge in [-0.15, -0.1) is 0 Å². The van der Waals surface area contributed by atoms with Gasteiger partial charge in [-0.3, -0.25) is 4.90 Å². The standard InChI is InChI=1S/C17H34N2O/c1-2-11-19(16-9-7-15(18)8-10-16)13-17(20)12-14-5-3-4-6-14/h14-17,20H,2-13,18H2,1H3. The monoisotopic (exact) mass is 282 g/mol. The molecule has 3 N–H and O–H groups in total. The number of nitrogens with zero attached hydrogens (tertiary/aromatic N) is 1. The summed E-state index contributed by atoms with van der Waals surface area (Å²) >= 11 is 0. The number of nitrogens with two attached hydrogens (primary N) is 1. The Labute approximate surface area is 124 Å². The second-order valence-corrected chi connectivity index (χ2v) is 7.10. The molecule has 1 atom stereocenters. The molecule has 20 heavy (non-hydrogen) atoms. The van der Waals surface area contributed by atoms with Gasteiger partial charge in [-0.05, 0) is 51.0 Å². The third kappa shape index (κ3) is 5.01. The highest BCUT2D eigenvalue weighted by molar-refractivity contribution is 4.83. The van der Waals surface area contributed by atoms with Gasteiger partial charge in [-0.1, -0.05) is 32.6 Å². The summed E-state index contributed by atoms with van der Waals surface area (Å²) in [5, 5.41) is 10.4. The smallest absolute Gasteiger partial charge is 0.0669 e. The van der Waals surface area contributed by atoms with E-state index in [4.69, 9.17) is 5.73 Å². The number of rotatable bonds is 7. The minimum absolute atomic E-state index is 0.125. The Kier molecular flexibility index (Phi) is 6.79. The summed E-state index contributed by atoms with van der Waals surface area (Å²) in [6.07, 6.45) is 12.2. The van der Waals surface area contributed by atoms with Crippen molar-refractivity contribution in [2.24, 2.45) is 11.7 Å². The first-order valence-electron chi connectivity index (χ1n) is 8.86. The highest BCUT2D eigenvalue weighted by Crippen LogP contribution is 2.29.